The molecule has 0 spiro atoms. The quantitative estimate of drug-likeness (QED) is 0.809. The van der Waals surface area contributed by atoms with Gasteiger partial charge in [-0.3, -0.25) is 4.79 Å². The fraction of sp³-hybridized carbons (Fsp3) is 0.471. The van der Waals surface area contributed by atoms with E-state index in [1.165, 1.54) is 0 Å². The Morgan fingerprint density at radius 1 is 1.22 bits per heavy atom. The van der Waals surface area contributed by atoms with Crippen molar-refractivity contribution in [1.29, 1.82) is 0 Å². The summed E-state index contributed by atoms with van der Waals surface area (Å²) in [5.41, 5.74) is 0.874. The van der Waals surface area contributed by atoms with Crippen molar-refractivity contribution in [3.8, 4) is 11.4 Å². The lowest BCUT2D eigenvalue weighted by Gasteiger charge is -2.19. The second kappa shape index (κ2) is 7.73. The number of carbonyl (C=O) groups is 1. The van der Waals surface area contributed by atoms with Crippen molar-refractivity contribution in [3.63, 3.8) is 0 Å². The van der Waals surface area contributed by atoms with Crippen LogP contribution in [0.4, 0.5) is 0 Å². The number of aromatic nitrogens is 2. The highest BCUT2D eigenvalue weighted by Gasteiger charge is 2.25. The zero-order valence-electron chi connectivity index (χ0n) is 13.8. The van der Waals surface area contributed by atoms with Crippen LogP contribution in [0.3, 0.4) is 0 Å². The lowest BCUT2D eigenvalue weighted by atomic mass is 10.0. The maximum Gasteiger partial charge on any atom is 0.249 e. The lowest BCUT2D eigenvalue weighted by Crippen LogP contribution is -2.32. The van der Waals surface area contributed by atoms with Gasteiger partial charge in [0.25, 0.3) is 0 Å². The van der Waals surface area contributed by atoms with Gasteiger partial charge in [0.15, 0.2) is 0 Å². The second-order valence-electron chi connectivity index (χ2n) is 6.35. The Labute approximate surface area is 145 Å². The van der Waals surface area contributed by atoms with Crippen LogP contribution in [0.1, 0.15) is 46.0 Å². The highest BCUT2D eigenvalue weighted by molar-refractivity contribution is 9.10. The summed E-state index contributed by atoms with van der Waals surface area (Å²) in [6, 6.07) is 7.41. The van der Waals surface area contributed by atoms with Crippen LogP contribution in [0.25, 0.3) is 11.4 Å². The van der Waals surface area contributed by atoms with Crippen molar-refractivity contribution in [2.24, 2.45) is 11.8 Å². The Hall–Kier alpha value is -1.69. The van der Waals surface area contributed by atoms with Gasteiger partial charge in [0.1, 0.15) is 6.04 Å². The van der Waals surface area contributed by atoms with Crippen LogP contribution >= 0.6 is 15.9 Å². The van der Waals surface area contributed by atoms with Crippen molar-refractivity contribution in [2.75, 3.05) is 0 Å². The molecule has 2 aromatic rings. The number of hydrogen-bond donors (Lipinski definition) is 1. The summed E-state index contributed by atoms with van der Waals surface area (Å²) >= 11 is 3.40. The summed E-state index contributed by atoms with van der Waals surface area (Å²) in [5, 5.41) is 7.03. The van der Waals surface area contributed by atoms with Crippen molar-refractivity contribution >= 4 is 21.8 Å². The Morgan fingerprint density at radius 3 is 2.43 bits per heavy atom. The molecule has 1 N–H and O–H groups in total. The van der Waals surface area contributed by atoms with Crippen molar-refractivity contribution in [1.82, 2.24) is 15.5 Å². The number of carbonyl (C=O) groups excluding carboxylic acids is 1. The maximum atomic E-state index is 12.0. The van der Waals surface area contributed by atoms with E-state index in [9.17, 15) is 4.79 Å². The molecule has 0 bridgehead atoms. The van der Waals surface area contributed by atoms with Gasteiger partial charge in [-0.25, -0.2) is 0 Å². The standard InChI is InChI=1S/C17H22BrN3O2/c1-10(2)9-14(22)19-15(11(3)4)17-20-16(21-23-17)12-5-7-13(18)8-6-12/h5-8,10-11,15H,9H2,1-4H3,(H,19,22)/t15-/m1/s1. The molecular formula is C17H22BrN3O2. The third-order valence-electron chi connectivity index (χ3n) is 3.39. The first kappa shape index (κ1) is 17.7. The first-order chi connectivity index (χ1) is 10.9. The molecule has 0 saturated heterocycles. The van der Waals surface area contributed by atoms with Crippen LogP contribution in [0.2, 0.25) is 0 Å². The number of hydrogen-bond acceptors (Lipinski definition) is 4. The molecule has 0 aliphatic rings. The number of nitrogens with zero attached hydrogens (tertiary/aromatic N) is 2. The average molecular weight is 380 g/mol. The maximum absolute atomic E-state index is 12.0. The van der Waals surface area contributed by atoms with Gasteiger partial charge in [-0.1, -0.05) is 48.8 Å². The summed E-state index contributed by atoms with van der Waals surface area (Å²) in [5.74, 6) is 1.43. The zero-order chi connectivity index (χ0) is 17.0. The molecule has 1 amide bonds. The van der Waals surface area contributed by atoms with Gasteiger partial charge in [0.05, 0.1) is 0 Å². The van der Waals surface area contributed by atoms with Gasteiger partial charge in [-0.05, 0) is 36.1 Å². The van der Waals surface area contributed by atoms with E-state index >= 15 is 0 Å². The topological polar surface area (TPSA) is 68.0 Å². The monoisotopic (exact) mass is 379 g/mol. The highest BCUT2D eigenvalue weighted by atomic mass is 79.9. The minimum Gasteiger partial charge on any atom is -0.344 e. The molecule has 0 aliphatic heterocycles. The third kappa shape index (κ3) is 4.89. The SMILES string of the molecule is CC(C)CC(=O)N[C@@H](c1nc(-c2ccc(Br)cc2)no1)C(C)C. The lowest BCUT2D eigenvalue weighted by molar-refractivity contribution is -0.123. The molecular weight excluding hydrogens is 358 g/mol. The molecule has 2 rings (SSSR count). The zero-order valence-corrected chi connectivity index (χ0v) is 15.4. The molecule has 1 aromatic carbocycles. The Kier molecular flexibility index (Phi) is 5.93. The number of amides is 1. The predicted molar refractivity (Wildman–Crippen MR) is 92.6 cm³/mol. The smallest absolute Gasteiger partial charge is 0.249 e. The Bertz CT molecular complexity index is 650. The molecule has 0 aliphatic carbocycles. The van der Waals surface area contributed by atoms with E-state index in [0.29, 0.717) is 24.1 Å². The molecule has 23 heavy (non-hydrogen) atoms. The Balaban J connectivity index is 2.17. The summed E-state index contributed by atoms with van der Waals surface area (Å²) < 4.78 is 6.38. The molecule has 0 unspecified atom stereocenters. The molecule has 0 fully saturated rings. The van der Waals surface area contributed by atoms with E-state index in [1.807, 2.05) is 52.0 Å². The van der Waals surface area contributed by atoms with E-state index in [-0.39, 0.29) is 17.9 Å². The molecule has 6 heteroatoms. The molecule has 1 atom stereocenters. The fourth-order valence-electron chi connectivity index (χ4n) is 2.19. The fourth-order valence-corrected chi connectivity index (χ4v) is 2.46. The van der Waals surface area contributed by atoms with E-state index in [1.54, 1.807) is 0 Å². The van der Waals surface area contributed by atoms with E-state index in [2.05, 4.69) is 31.4 Å². The van der Waals surface area contributed by atoms with Gasteiger partial charge in [0.2, 0.25) is 17.6 Å². The van der Waals surface area contributed by atoms with Crippen LogP contribution in [-0.4, -0.2) is 16.0 Å². The molecule has 5 nitrogen and oxygen atoms in total. The van der Waals surface area contributed by atoms with E-state index in [4.69, 9.17) is 4.52 Å². The first-order valence-corrected chi connectivity index (χ1v) is 8.55. The van der Waals surface area contributed by atoms with Crippen LogP contribution in [0.15, 0.2) is 33.3 Å². The molecule has 1 aromatic heterocycles. The predicted octanol–water partition coefficient (Wildman–Crippen LogP) is 4.36. The third-order valence-corrected chi connectivity index (χ3v) is 3.92. The van der Waals surface area contributed by atoms with Crippen LogP contribution in [0.5, 0.6) is 0 Å². The minimum atomic E-state index is -0.280. The molecule has 0 radical (unpaired) electrons. The molecule has 1 heterocycles. The van der Waals surface area contributed by atoms with Gasteiger partial charge in [-0.15, -0.1) is 0 Å². The van der Waals surface area contributed by atoms with Crippen LogP contribution in [0, 0.1) is 11.8 Å². The van der Waals surface area contributed by atoms with Crippen LogP contribution < -0.4 is 5.32 Å². The number of halogens is 1. The van der Waals surface area contributed by atoms with Crippen molar-refractivity contribution in [2.45, 2.75) is 40.2 Å². The Morgan fingerprint density at radius 2 is 1.87 bits per heavy atom. The van der Waals surface area contributed by atoms with E-state index < -0.39 is 0 Å². The van der Waals surface area contributed by atoms with Gasteiger partial charge >= 0.3 is 0 Å². The first-order valence-electron chi connectivity index (χ1n) is 7.75. The van der Waals surface area contributed by atoms with Gasteiger partial charge < -0.3 is 9.84 Å². The highest BCUT2D eigenvalue weighted by Crippen LogP contribution is 2.24. The van der Waals surface area contributed by atoms with E-state index in [0.717, 1.165) is 10.0 Å². The van der Waals surface area contributed by atoms with Crippen molar-refractivity contribution in [3.05, 3.63) is 34.6 Å². The summed E-state index contributed by atoms with van der Waals surface area (Å²) in [6.07, 6.45) is 0.483. The van der Waals surface area contributed by atoms with Gasteiger partial charge in [-0.2, -0.15) is 4.98 Å². The summed E-state index contributed by atoms with van der Waals surface area (Å²) in [4.78, 5) is 16.5. The van der Waals surface area contributed by atoms with Crippen LogP contribution in [-0.2, 0) is 4.79 Å². The minimum absolute atomic E-state index is 0.00194. The summed E-state index contributed by atoms with van der Waals surface area (Å²) in [6.45, 7) is 8.07. The molecule has 124 valence electrons. The van der Waals surface area contributed by atoms with Crippen molar-refractivity contribution < 1.29 is 9.32 Å². The largest absolute Gasteiger partial charge is 0.344 e. The molecule has 0 saturated carbocycles. The normalized spacial score (nSPS) is 12.7. The average Bonchev–Trinajstić information content (AvgIpc) is 2.94. The van der Waals surface area contributed by atoms with Gasteiger partial charge in [0, 0.05) is 16.5 Å². The number of rotatable bonds is 6. The number of nitrogens with one attached hydrogen (secondary N) is 1. The number of benzene rings is 1. The second-order valence-corrected chi connectivity index (χ2v) is 7.27. The summed E-state index contributed by atoms with van der Waals surface area (Å²) in [7, 11) is 0.